The molecule has 1 saturated heterocycles. The van der Waals surface area contributed by atoms with Crippen molar-refractivity contribution in [2.75, 3.05) is 32.7 Å². The number of nitrogens with zero attached hydrogens (tertiary/aromatic N) is 3. The maximum absolute atomic E-state index is 5.55. The van der Waals surface area contributed by atoms with Crippen molar-refractivity contribution in [3.63, 3.8) is 0 Å². The zero-order chi connectivity index (χ0) is 21.6. The Morgan fingerprint density at radius 3 is 2.16 bits per heavy atom. The van der Waals surface area contributed by atoms with E-state index in [1.54, 1.807) is 11.3 Å². The van der Waals surface area contributed by atoms with Crippen molar-refractivity contribution in [2.45, 2.75) is 18.9 Å². The Morgan fingerprint density at radius 2 is 1.53 bits per heavy atom. The van der Waals surface area contributed by atoms with E-state index in [0.29, 0.717) is 6.04 Å². The molecule has 0 unspecified atom stereocenters. The summed E-state index contributed by atoms with van der Waals surface area (Å²) in [6.07, 6.45) is 2.04. The molecule has 0 atom stereocenters. The van der Waals surface area contributed by atoms with Gasteiger partial charge in [-0.25, -0.2) is 0 Å². The van der Waals surface area contributed by atoms with Crippen LogP contribution in [0.1, 0.15) is 29.3 Å². The molecule has 164 valence electrons. The molecule has 1 aliphatic rings. The fourth-order valence-corrected chi connectivity index (χ4v) is 5.26. The van der Waals surface area contributed by atoms with E-state index in [-0.39, 0.29) is 0 Å². The van der Waals surface area contributed by atoms with Crippen LogP contribution in [0.4, 0.5) is 0 Å². The van der Waals surface area contributed by atoms with Crippen molar-refractivity contribution in [3.8, 4) is 10.6 Å². The highest BCUT2D eigenvalue weighted by Gasteiger charge is 2.26. The predicted octanol–water partition coefficient (Wildman–Crippen LogP) is 5.74. The second-order valence-electron chi connectivity index (χ2n) is 8.36. The molecular formula is C27H29N3OS. The van der Waals surface area contributed by atoms with E-state index in [0.717, 1.165) is 57.0 Å². The van der Waals surface area contributed by atoms with Gasteiger partial charge in [-0.2, -0.15) is 0 Å². The first-order chi connectivity index (χ1) is 15.9. The Labute approximate surface area is 194 Å². The Bertz CT molecular complexity index is 1030. The summed E-state index contributed by atoms with van der Waals surface area (Å²) in [5, 5.41) is 6.30. The van der Waals surface area contributed by atoms with Crippen LogP contribution in [-0.4, -0.2) is 47.7 Å². The van der Waals surface area contributed by atoms with Crippen LogP contribution in [0.3, 0.4) is 0 Å². The van der Waals surface area contributed by atoms with Crippen LogP contribution >= 0.6 is 11.3 Å². The van der Waals surface area contributed by atoms with Gasteiger partial charge in [0.2, 0.25) is 0 Å². The quantitative estimate of drug-likeness (QED) is 0.347. The number of aryl methyl sites for hydroxylation is 1. The van der Waals surface area contributed by atoms with Crippen molar-refractivity contribution in [1.29, 1.82) is 0 Å². The Balaban J connectivity index is 1.15. The monoisotopic (exact) mass is 443 g/mol. The molecule has 1 fully saturated rings. The average Bonchev–Trinajstić information content (AvgIpc) is 3.54. The van der Waals surface area contributed by atoms with Gasteiger partial charge in [-0.1, -0.05) is 71.9 Å². The van der Waals surface area contributed by atoms with E-state index < -0.39 is 0 Å². The van der Waals surface area contributed by atoms with Gasteiger partial charge in [-0.3, -0.25) is 4.90 Å². The first-order valence-corrected chi connectivity index (χ1v) is 12.3. The number of hydrogen-bond acceptors (Lipinski definition) is 5. The topological polar surface area (TPSA) is 32.5 Å². The molecule has 5 rings (SSSR count). The Kier molecular flexibility index (Phi) is 6.77. The van der Waals surface area contributed by atoms with E-state index in [1.165, 1.54) is 16.0 Å². The van der Waals surface area contributed by atoms with E-state index in [9.17, 15) is 0 Å². The lowest BCUT2D eigenvalue weighted by atomic mass is 9.96. The van der Waals surface area contributed by atoms with Gasteiger partial charge in [0, 0.05) is 38.7 Å². The lowest BCUT2D eigenvalue weighted by Crippen LogP contribution is -2.48. The number of benzene rings is 2. The van der Waals surface area contributed by atoms with Crippen LogP contribution in [0.2, 0.25) is 0 Å². The highest BCUT2D eigenvalue weighted by Crippen LogP contribution is 2.29. The predicted molar refractivity (Wildman–Crippen MR) is 131 cm³/mol. The zero-order valence-corrected chi connectivity index (χ0v) is 19.1. The molecule has 0 N–H and O–H groups in total. The molecule has 1 aliphatic heterocycles. The maximum Gasteiger partial charge on any atom is 0.137 e. The summed E-state index contributed by atoms with van der Waals surface area (Å²) in [7, 11) is 0. The molecule has 3 heterocycles. The number of piperazine rings is 1. The van der Waals surface area contributed by atoms with Crippen LogP contribution in [0.15, 0.2) is 88.8 Å². The third-order valence-electron chi connectivity index (χ3n) is 6.23. The SMILES string of the molecule is c1ccc(C(c2ccccc2)N2CCN(CCCc3cc(-c4cccs4)no3)CC2)cc1. The number of aromatic nitrogens is 1. The van der Waals surface area contributed by atoms with Crippen molar-refractivity contribution in [2.24, 2.45) is 0 Å². The van der Waals surface area contributed by atoms with Gasteiger partial charge in [0.15, 0.2) is 0 Å². The lowest BCUT2D eigenvalue weighted by molar-refractivity contribution is 0.108. The minimum Gasteiger partial charge on any atom is -0.361 e. The van der Waals surface area contributed by atoms with Crippen LogP contribution in [0, 0.1) is 0 Å². The van der Waals surface area contributed by atoms with Gasteiger partial charge in [0.1, 0.15) is 11.5 Å². The molecule has 0 aliphatic carbocycles. The first-order valence-electron chi connectivity index (χ1n) is 11.4. The number of hydrogen-bond donors (Lipinski definition) is 0. The van der Waals surface area contributed by atoms with Crippen molar-refractivity contribution in [1.82, 2.24) is 15.0 Å². The van der Waals surface area contributed by atoms with Crippen LogP contribution < -0.4 is 0 Å². The molecular weight excluding hydrogens is 414 g/mol. The summed E-state index contributed by atoms with van der Waals surface area (Å²) in [5.41, 5.74) is 3.70. The first kappa shape index (κ1) is 21.1. The Hall–Kier alpha value is -2.73. The number of rotatable bonds is 8. The largest absolute Gasteiger partial charge is 0.361 e. The molecule has 0 radical (unpaired) electrons. The fraction of sp³-hybridized carbons (Fsp3) is 0.296. The summed E-state index contributed by atoms with van der Waals surface area (Å²) in [6.45, 7) is 5.48. The fourth-order valence-electron chi connectivity index (χ4n) is 4.58. The number of thiophene rings is 1. The van der Waals surface area contributed by atoms with E-state index in [2.05, 4.69) is 93.1 Å². The lowest BCUT2D eigenvalue weighted by Gasteiger charge is -2.39. The van der Waals surface area contributed by atoms with Gasteiger partial charge in [-0.15, -0.1) is 11.3 Å². The minimum absolute atomic E-state index is 0.324. The molecule has 2 aromatic carbocycles. The van der Waals surface area contributed by atoms with Crippen molar-refractivity contribution >= 4 is 11.3 Å². The molecule has 0 amide bonds. The third-order valence-corrected chi connectivity index (χ3v) is 7.13. The summed E-state index contributed by atoms with van der Waals surface area (Å²) in [6, 6.07) is 28.4. The van der Waals surface area contributed by atoms with Gasteiger partial charge in [-0.05, 0) is 35.5 Å². The molecule has 0 saturated carbocycles. The average molecular weight is 444 g/mol. The van der Waals surface area contributed by atoms with E-state index >= 15 is 0 Å². The van der Waals surface area contributed by atoms with Gasteiger partial charge >= 0.3 is 0 Å². The highest BCUT2D eigenvalue weighted by atomic mass is 32.1. The smallest absolute Gasteiger partial charge is 0.137 e. The summed E-state index contributed by atoms with van der Waals surface area (Å²) in [5.74, 6) is 0.986. The van der Waals surface area contributed by atoms with Crippen LogP contribution in [0.25, 0.3) is 10.6 Å². The van der Waals surface area contributed by atoms with E-state index in [4.69, 9.17) is 4.52 Å². The Morgan fingerprint density at radius 1 is 0.844 bits per heavy atom. The van der Waals surface area contributed by atoms with Crippen LogP contribution in [-0.2, 0) is 6.42 Å². The third kappa shape index (κ3) is 5.01. The minimum atomic E-state index is 0.324. The van der Waals surface area contributed by atoms with Gasteiger partial charge in [0.05, 0.1) is 10.9 Å². The maximum atomic E-state index is 5.55. The highest BCUT2D eigenvalue weighted by molar-refractivity contribution is 7.13. The van der Waals surface area contributed by atoms with Crippen LogP contribution in [0.5, 0.6) is 0 Å². The molecule has 0 spiro atoms. The summed E-state index contributed by atoms with van der Waals surface area (Å²) in [4.78, 5) is 6.38. The molecule has 5 heteroatoms. The molecule has 2 aromatic heterocycles. The van der Waals surface area contributed by atoms with Gasteiger partial charge < -0.3 is 9.42 Å². The van der Waals surface area contributed by atoms with Crippen molar-refractivity contribution in [3.05, 3.63) is 101 Å². The zero-order valence-electron chi connectivity index (χ0n) is 18.3. The second kappa shape index (κ2) is 10.3. The van der Waals surface area contributed by atoms with E-state index in [1.807, 2.05) is 6.07 Å². The molecule has 32 heavy (non-hydrogen) atoms. The van der Waals surface area contributed by atoms with Gasteiger partial charge in [0.25, 0.3) is 0 Å². The molecule has 0 bridgehead atoms. The standard InChI is InChI=1S/C27H29N3OS/c1-3-9-22(10-4-1)27(23-11-5-2-6-12-23)30-18-16-29(17-19-30)15-7-13-24-21-25(28-31-24)26-14-8-20-32-26/h1-6,8-12,14,20-21,27H,7,13,15-19H2. The molecule has 4 aromatic rings. The molecule has 4 nitrogen and oxygen atoms in total. The van der Waals surface area contributed by atoms with Crippen molar-refractivity contribution < 1.29 is 4.52 Å². The summed E-state index contributed by atoms with van der Waals surface area (Å²) < 4.78 is 5.55. The summed E-state index contributed by atoms with van der Waals surface area (Å²) >= 11 is 1.70. The normalized spacial score (nSPS) is 15.4. The second-order valence-corrected chi connectivity index (χ2v) is 9.31.